The summed E-state index contributed by atoms with van der Waals surface area (Å²) in [5.41, 5.74) is 3.56. The van der Waals surface area contributed by atoms with E-state index in [4.69, 9.17) is 0 Å². The Morgan fingerprint density at radius 2 is 1.48 bits per heavy atom. The van der Waals surface area contributed by atoms with Crippen LogP contribution in [0.5, 0.6) is 0 Å². The Labute approximate surface area is 157 Å². The number of benzene rings is 2. The lowest BCUT2D eigenvalue weighted by Crippen LogP contribution is -2.12. The first-order valence-electron chi connectivity index (χ1n) is 8.34. The first kappa shape index (κ1) is 18.1. The molecule has 0 unspecified atom stereocenters. The van der Waals surface area contributed by atoms with Gasteiger partial charge in [-0.25, -0.2) is 9.78 Å². The normalized spacial score (nSPS) is 10.1. The van der Waals surface area contributed by atoms with Gasteiger partial charge in [-0.3, -0.25) is 4.79 Å². The van der Waals surface area contributed by atoms with Crippen LogP contribution in [-0.4, -0.2) is 24.0 Å². The van der Waals surface area contributed by atoms with E-state index in [1.165, 1.54) is 7.11 Å². The third-order valence-corrected chi connectivity index (χ3v) is 3.91. The predicted molar refractivity (Wildman–Crippen MR) is 104 cm³/mol. The standard InChI is InChI=1S/C21H19N3O3/c1-14-3-5-15(6-4-14)20(25)24-18-11-12-19(22-13-18)23-17-9-7-16(8-10-17)21(26)27-2/h3-13H,1-2H3,(H,22,23)(H,24,25). The SMILES string of the molecule is COC(=O)c1ccc(Nc2ccc(NC(=O)c3ccc(C)cc3)cn2)cc1. The summed E-state index contributed by atoms with van der Waals surface area (Å²) in [7, 11) is 1.34. The van der Waals surface area contributed by atoms with Crippen molar-refractivity contribution in [2.75, 3.05) is 17.7 Å². The fraction of sp³-hybridized carbons (Fsp3) is 0.0952. The fourth-order valence-corrected chi connectivity index (χ4v) is 2.41. The zero-order chi connectivity index (χ0) is 19.2. The molecule has 3 aromatic rings. The van der Waals surface area contributed by atoms with Crippen LogP contribution in [0.2, 0.25) is 0 Å². The second-order valence-corrected chi connectivity index (χ2v) is 5.95. The molecule has 0 atom stereocenters. The second kappa shape index (κ2) is 8.14. The lowest BCUT2D eigenvalue weighted by Gasteiger charge is -2.08. The second-order valence-electron chi connectivity index (χ2n) is 5.95. The molecule has 0 fully saturated rings. The lowest BCUT2D eigenvalue weighted by molar-refractivity contribution is 0.0600. The van der Waals surface area contributed by atoms with E-state index in [0.29, 0.717) is 22.6 Å². The van der Waals surface area contributed by atoms with E-state index < -0.39 is 0 Å². The Kier molecular flexibility index (Phi) is 5.47. The number of amides is 1. The highest BCUT2D eigenvalue weighted by Gasteiger charge is 2.07. The molecule has 2 aromatic carbocycles. The van der Waals surface area contributed by atoms with Gasteiger partial charge in [-0.05, 0) is 55.5 Å². The predicted octanol–water partition coefficient (Wildman–Crippen LogP) is 4.17. The van der Waals surface area contributed by atoms with E-state index in [0.717, 1.165) is 11.3 Å². The zero-order valence-corrected chi connectivity index (χ0v) is 15.0. The van der Waals surface area contributed by atoms with E-state index >= 15 is 0 Å². The maximum Gasteiger partial charge on any atom is 0.337 e. The van der Waals surface area contributed by atoms with Crippen molar-refractivity contribution < 1.29 is 14.3 Å². The molecule has 0 radical (unpaired) electrons. The Morgan fingerprint density at radius 1 is 0.852 bits per heavy atom. The van der Waals surface area contributed by atoms with Crippen molar-refractivity contribution in [1.82, 2.24) is 4.98 Å². The molecule has 0 bridgehead atoms. The fourth-order valence-electron chi connectivity index (χ4n) is 2.41. The minimum absolute atomic E-state index is 0.184. The van der Waals surface area contributed by atoms with E-state index in [9.17, 15) is 9.59 Å². The molecule has 0 saturated heterocycles. The number of esters is 1. The van der Waals surface area contributed by atoms with Gasteiger partial charge in [-0.15, -0.1) is 0 Å². The van der Waals surface area contributed by atoms with Gasteiger partial charge in [-0.1, -0.05) is 17.7 Å². The Morgan fingerprint density at radius 3 is 2.07 bits per heavy atom. The van der Waals surface area contributed by atoms with Gasteiger partial charge in [0.15, 0.2) is 0 Å². The molecule has 0 aliphatic heterocycles. The molecule has 2 N–H and O–H groups in total. The van der Waals surface area contributed by atoms with Crippen molar-refractivity contribution in [2.45, 2.75) is 6.92 Å². The van der Waals surface area contributed by atoms with Crippen LogP contribution in [0.25, 0.3) is 0 Å². The number of pyridine rings is 1. The number of anilines is 3. The molecular formula is C21H19N3O3. The van der Waals surface area contributed by atoms with E-state index in [1.54, 1.807) is 54.7 Å². The minimum Gasteiger partial charge on any atom is -0.465 e. The van der Waals surface area contributed by atoms with Crippen molar-refractivity contribution in [2.24, 2.45) is 0 Å². The molecule has 0 spiro atoms. The lowest BCUT2D eigenvalue weighted by atomic mass is 10.1. The largest absolute Gasteiger partial charge is 0.465 e. The number of ether oxygens (including phenoxy) is 1. The van der Waals surface area contributed by atoms with Gasteiger partial charge < -0.3 is 15.4 Å². The van der Waals surface area contributed by atoms with Crippen LogP contribution in [0, 0.1) is 6.92 Å². The van der Waals surface area contributed by atoms with Gasteiger partial charge in [0.2, 0.25) is 0 Å². The van der Waals surface area contributed by atoms with Crippen molar-refractivity contribution in [1.29, 1.82) is 0 Å². The number of aryl methyl sites for hydroxylation is 1. The van der Waals surface area contributed by atoms with Gasteiger partial charge in [0, 0.05) is 11.3 Å². The average molecular weight is 361 g/mol. The van der Waals surface area contributed by atoms with Crippen LogP contribution in [0.15, 0.2) is 66.9 Å². The highest BCUT2D eigenvalue weighted by atomic mass is 16.5. The van der Waals surface area contributed by atoms with Crippen LogP contribution in [0.3, 0.4) is 0 Å². The van der Waals surface area contributed by atoms with Crippen LogP contribution in [-0.2, 0) is 4.74 Å². The average Bonchev–Trinajstić information content (AvgIpc) is 2.70. The number of nitrogens with one attached hydrogen (secondary N) is 2. The van der Waals surface area contributed by atoms with Crippen molar-refractivity contribution in [3.63, 3.8) is 0 Å². The minimum atomic E-state index is -0.381. The number of aromatic nitrogens is 1. The highest BCUT2D eigenvalue weighted by Crippen LogP contribution is 2.18. The van der Waals surface area contributed by atoms with Crippen molar-refractivity contribution >= 4 is 29.1 Å². The molecule has 0 saturated carbocycles. The van der Waals surface area contributed by atoms with Crippen molar-refractivity contribution in [3.05, 3.63) is 83.6 Å². The molecule has 27 heavy (non-hydrogen) atoms. The number of methoxy groups -OCH3 is 1. The monoisotopic (exact) mass is 361 g/mol. The molecule has 136 valence electrons. The van der Waals surface area contributed by atoms with Crippen LogP contribution in [0.1, 0.15) is 26.3 Å². The third-order valence-electron chi connectivity index (χ3n) is 3.91. The number of hydrogen-bond donors (Lipinski definition) is 2. The summed E-state index contributed by atoms with van der Waals surface area (Å²) in [4.78, 5) is 28.0. The summed E-state index contributed by atoms with van der Waals surface area (Å²) < 4.78 is 4.67. The molecule has 6 nitrogen and oxygen atoms in total. The van der Waals surface area contributed by atoms with Crippen LogP contribution >= 0.6 is 0 Å². The summed E-state index contributed by atoms with van der Waals surface area (Å²) in [6.07, 6.45) is 1.58. The Balaban J connectivity index is 1.62. The van der Waals surface area contributed by atoms with Gasteiger partial charge in [0.25, 0.3) is 5.91 Å². The quantitative estimate of drug-likeness (QED) is 0.667. The maximum atomic E-state index is 12.2. The van der Waals surface area contributed by atoms with Gasteiger partial charge >= 0.3 is 5.97 Å². The zero-order valence-electron chi connectivity index (χ0n) is 15.0. The molecule has 1 amide bonds. The summed E-state index contributed by atoms with van der Waals surface area (Å²) >= 11 is 0. The molecular weight excluding hydrogens is 342 g/mol. The topological polar surface area (TPSA) is 80.3 Å². The molecule has 3 rings (SSSR count). The molecule has 0 aliphatic carbocycles. The van der Waals surface area contributed by atoms with E-state index in [1.807, 2.05) is 19.1 Å². The summed E-state index contributed by atoms with van der Waals surface area (Å²) in [5.74, 6) is 0.0541. The summed E-state index contributed by atoms with van der Waals surface area (Å²) in [6, 6.07) is 17.8. The number of carbonyl (C=O) groups is 2. The first-order valence-corrected chi connectivity index (χ1v) is 8.34. The number of nitrogens with zero attached hydrogens (tertiary/aromatic N) is 1. The summed E-state index contributed by atoms with van der Waals surface area (Å²) in [5, 5.41) is 5.95. The smallest absolute Gasteiger partial charge is 0.337 e. The van der Waals surface area contributed by atoms with Crippen LogP contribution in [0.4, 0.5) is 17.2 Å². The van der Waals surface area contributed by atoms with E-state index in [-0.39, 0.29) is 11.9 Å². The maximum absolute atomic E-state index is 12.2. The van der Waals surface area contributed by atoms with Gasteiger partial charge in [-0.2, -0.15) is 0 Å². The van der Waals surface area contributed by atoms with Crippen LogP contribution < -0.4 is 10.6 Å². The van der Waals surface area contributed by atoms with Gasteiger partial charge in [0.1, 0.15) is 5.82 Å². The Bertz CT molecular complexity index is 934. The molecule has 0 aliphatic rings. The van der Waals surface area contributed by atoms with E-state index in [2.05, 4.69) is 20.4 Å². The van der Waals surface area contributed by atoms with Crippen molar-refractivity contribution in [3.8, 4) is 0 Å². The van der Waals surface area contributed by atoms with Gasteiger partial charge in [0.05, 0.1) is 24.6 Å². The first-order chi connectivity index (χ1) is 13.0. The molecule has 6 heteroatoms. The highest BCUT2D eigenvalue weighted by molar-refractivity contribution is 6.04. The number of hydrogen-bond acceptors (Lipinski definition) is 5. The number of rotatable bonds is 5. The Hall–Kier alpha value is -3.67. The third kappa shape index (κ3) is 4.70. The number of carbonyl (C=O) groups excluding carboxylic acids is 2. The molecule has 1 heterocycles. The summed E-state index contributed by atoms with van der Waals surface area (Å²) in [6.45, 7) is 1.97. The molecule has 1 aromatic heterocycles.